The molecule has 1 fully saturated rings. The van der Waals surface area contributed by atoms with E-state index in [0.29, 0.717) is 18.6 Å². The van der Waals surface area contributed by atoms with Crippen LogP contribution in [0.5, 0.6) is 0 Å². The zero-order valence-electron chi connectivity index (χ0n) is 7.99. The van der Waals surface area contributed by atoms with Gasteiger partial charge in [-0.05, 0) is 45.7 Å². The monoisotopic (exact) mass is 193 g/mol. The second kappa shape index (κ2) is 5.79. The predicted molar refractivity (Wildman–Crippen MR) is 53.8 cm³/mol. The van der Waals surface area contributed by atoms with Crippen LogP contribution in [0.3, 0.4) is 0 Å². The molecule has 0 spiro atoms. The average Bonchev–Trinajstić information content (AvgIpc) is 2.05. The number of likely N-dealkylation sites (tertiary alicyclic amines) is 1. The molecule has 0 amide bonds. The topological polar surface area (TPSA) is 23.5 Å². The first-order valence-corrected chi connectivity index (χ1v) is 4.59. The van der Waals surface area contributed by atoms with Gasteiger partial charge in [0, 0.05) is 12.6 Å². The van der Waals surface area contributed by atoms with E-state index in [9.17, 15) is 0 Å². The summed E-state index contributed by atoms with van der Waals surface area (Å²) in [5, 5.41) is 8.90. The zero-order valence-corrected chi connectivity index (χ0v) is 8.81. The number of halogens is 1. The number of hydrogen-bond donors (Lipinski definition) is 1. The zero-order chi connectivity index (χ0) is 8.27. The van der Waals surface area contributed by atoms with Gasteiger partial charge in [0.05, 0.1) is 0 Å². The van der Waals surface area contributed by atoms with E-state index in [1.807, 2.05) is 0 Å². The molecule has 1 N–H and O–H groups in total. The predicted octanol–water partition coefficient (Wildman–Crippen LogP) is 1.52. The number of nitrogens with zero attached hydrogens (tertiary/aromatic N) is 1. The number of aliphatic hydroxyl groups is 1. The lowest BCUT2D eigenvalue weighted by atomic mass is 9.97. The summed E-state index contributed by atoms with van der Waals surface area (Å²) < 4.78 is 0. The van der Waals surface area contributed by atoms with Gasteiger partial charge in [0.1, 0.15) is 0 Å². The van der Waals surface area contributed by atoms with Gasteiger partial charge in [-0.25, -0.2) is 0 Å². The smallest absolute Gasteiger partial charge is 0.0460 e. The van der Waals surface area contributed by atoms with Gasteiger partial charge >= 0.3 is 0 Å². The molecular weight excluding hydrogens is 174 g/mol. The molecule has 1 saturated heterocycles. The highest BCUT2D eigenvalue weighted by atomic mass is 35.5. The minimum Gasteiger partial charge on any atom is -0.396 e. The number of hydrogen-bond acceptors (Lipinski definition) is 2. The normalized spacial score (nSPS) is 21.0. The van der Waals surface area contributed by atoms with Crippen molar-refractivity contribution in [2.45, 2.75) is 32.7 Å². The maximum absolute atomic E-state index is 8.90. The van der Waals surface area contributed by atoms with E-state index in [1.54, 1.807) is 0 Å². The Morgan fingerprint density at radius 2 is 1.83 bits per heavy atom. The number of piperidine rings is 1. The van der Waals surface area contributed by atoms with E-state index in [0.717, 1.165) is 0 Å². The van der Waals surface area contributed by atoms with Crippen LogP contribution in [-0.2, 0) is 0 Å². The molecule has 1 heterocycles. The van der Waals surface area contributed by atoms with Crippen LogP contribution in [0.4, 0.5) is 0 Å². The highest BCUT2D eigenvalue weighted by Gasteiger charge is 2.19. The van der Waals surface area contributed by atoms with E-state index in [2.05, 4.69) is 18.7 Å². The van der Waals surface area contributed by atoms with Gasteiger partial charge in [-0.15, -0.1) is 12.4 Å². The van der Waals surface area contributed by atoms with Gasteiger partial charge < -0.3 is 10.0 Å². The first-order valence-electron chi connectivity index (χ1n) is 4.59. The van der Waals surface area contributed by atoms with Gasteiger partial charge in [0.25, 0.3) is 0 Å². The minimum atomic E-state index is 0. The number of aliphatic hydroxyl groups excluding tert-OH is 1. The van der Waals surface area contributed by atoms with Crippen molar-refractivity contribution in [3.8, 4) is 0 Å². The van der Waals surface area contributed by atoms with Crippen molar-refractivity contribution >= 4 is 12.4 Å². The Hall–Kier alpha value is 0.210. The van der Waals surface area contributed by atoms with Gasteiger partial charge in [0.2, 0.25) is 0 Å². The summed E-state index contributed by atoms with van der Waals surface area (Å²) in [4.78, 5) is 2.48. The maximum atomic E-state index is 8.90. The fourth-order valence-electron chi connectivity index (χ4n) is 1.65. The standard InChI is InChI=1S/C9H19NO.ClH/c1-8(2)10-5-3-9(7-11)4-6-10;/h8-9,11H,3-7H2,1-2H3;1H. The summed E-state index contributed by atoms with van der Waals surface area (Å²) in [7, 11) is 0. The summed E-state index contributed by atoms with van der Waals surface area (Å²) in [6.45, 7) is 7.19. The van der Waals surface area contributed by atoms with Crippen molar-refractivity contribution in [2.24, 2.45) is 5.92 Å². The molecule has 0 radical (unpaired) electrons. The van der Waals surface area contributed by atoms with Crippen LogP contribution in [0.1, 0.15) is 26.7 Å². The van der Waals surface area contributed by atoms with E-state index < -0.39 is 0 Å². The van der Waals surface area contributed by atoms with Crippen LogP contribution in [0.25, 0.3) is 0 Å². The van der Waals surface area contributed by atoms with Gasteiger partial charge in [-0.1, -0.05) is 0 Å². The fourth-order valence-corrected chi connectivity index (χ4v) is 1.65. The third-order valence-corrected chi connectivity index (χ3v) is 2.64. The molecule has 3 heteroatoms. The molecule has 0 saturated carbocycles. The Kier molecular flexibility index (Phi) is 5.89. The molecule has 0 unspecified atom stereocenters. The Morgan fingerprint density at radius 3 is 2.17 bits per heavy atom. The Bertz CT molecular complexity index is 111. The summed E-state index contributed by atoms with van der Waals surface area (Å²) >= 11 is 0. The van der Waals surface area contributed by atoms with E-state index in [1.165, 1.54) is 25.9 Å². The molecular formula is C9H20ClNO. The van der Waals surface area contributed by atoms with Gasteiger partial charge in [0.15, 0.2) is 0 Å². The first kappa shape index (κ1) is 12.2. The number of rotatable bonds is 2. The third-order valence-electron chi connectivity index (χ3n) is 2.64. The second-order valence-electron chi connectivity index (χ2n) is 3.76. The van der Waals surface area contributed by atoms with Crippen LogP contribution in [-0.4, -0.2) is 35.7 Å². The fraction of sp³-hybridized carbons (Fsp3) is 1.00. The van der Waals surface area contributed by atoms with E-state index >= 15 is 0 Å². The molecule has 0 aromatic heterocycles. The van der Waals surface area contributed by atoms with Crippen molar-refractivity contribution < 1.29 is 5.11 Å². The highest BCUT2D eigenvalue weighted by Crippen LogP contribution is 2.17. The highest BCUT2D eigenvalue weighted by molar-refractivity contribution is 5.85. The van der Waals surface area contributed by atoms with Crippen molar-refractivity contribution in [3.63, 3.8) is 0 Å². The van der Waals surface area contributed by atoms with E-state index in [4.69, 9.17) is 5.11 Å². The van der Waals surface area contributed by atoms with Gasteiger partial charge in [-0.2, -0.15) is 0 Å². The molecule has 0 aromatic carbocycles. The Labute approximate surface area is 81.4 Å². The lowest BCUT2D eigenvalue weighted by Gasteiger charge is -2.33. The largest absolute Gasteiger partial charge is 0.396 e. The van der Waals surface area contributed by atoms with Crippen molar-refractivity contribution in [2.75, 3.05) is 19.7 Å². The maximum Gasteiger partial charge on any atom is 0.0460 e. The van der Waals surface area contributed by atoms with Crippen LogP contribution in [0.2, 0.25) is 0 Å². The van der Waals surface area contributed by atoms with E-state index in [-0.39, 0.29) is 12.4 Å². The molecule has 0 bridgehead atoms. The molecule has 2 nitrogen and oxygen atoms in total. The first-order chi connectivity index (χ1) is 5.24. The molecule has 0 aromatic rings. The molecule has 0 atom stereocenters. The Balaban J connectivity index is 0.00000121. The summed E-state index contributed by atoms with van der Waals surface area (Å²) in [6.07, 6.45) is 2.35. The third kappa shape index (κ3) is 3.30. The SMILES string of the molecule is CC(C)N1CCC(CO)CC1.Cl. The van der Waals surface area contributed by atoms with Crippen LogP contribution in [0, 0.1) is 5.92 Å². The summed E-state index contributed by atoms with van der Waals surface area (Å²) in [6, 6.07) is 0.676. The molecule has 0 aliphatic carbocycles. The summed E-state index contributed by atoms with van der Waals surface area (Å²) in [5.74, 6) is 0.574. The van der Waals surface area contributed by atoms with Crippen LogP contribution >= 0.6 is 12.4 Å². The van der Waals surface area contributed by atoms with Crippen LogP contribution in [0.15, 0.2) is 0 Å². The quantitative estimate of drug-likeness (QED) is 0.719. The van der Waals surface area contributed by atoms with Crippen molar-refractivity contribution in [3.05, 3.63) is 0 Å². The second-order valence-corrected chi connectivity index (χ2v) is 3.76. The minimum absolute atomic E-state index is 0. The molecule has 1 aliphatic rings. The Morgan fingerprint density at radius 1 is 1.33 bits per heavy atom. The lowest BCUT2D eigenvalue weighted by Crippen LogP contribution is -2.39. The molecule has 1 aliphatic heterocycles. The molecule has 74 valence electrons. The molecule has 1 rings (SSSR count). The van der Waals surface area contributed by atoms with Crippen molar-refractivity contribution in [1.82, 2.24) is 4.90 Å². The van der Waals surface area contributed by atoms with Gasteiger partial charge in [-0.3, -0.25) is 0 Å². The molecule has 12 heavy (non-hydrogen) atoms. The average molecular weight is 194 g/mol. The lowest BCUT2D eigenvalue weighted by molar-refractivity contribution is 0.111. The summed E-state index contributed by atoms with van der Waals surface area (Å²) in [5.41, 5.74) is 0. The van der Waals surface area contributed by atoms with Crippen molar-refractivity contribution in [1.29, 1.82) is 0 Å². The van der Waals surface area contributed by atoms with Crippen LogP contribution < -0.4 is 0 Å².